The summed E-state index contributed by atoms with van der Waals surface area (Å²) in [5.41, 5.74) is 0.668. The number of alkyl halides is 3. The fourth-order valence-electron chi connectivity index (χ4n) is 4.47. The molecule has 0 saturated carbocycles. The number of nitrogens with zero attached hydrogens (tertiary/aromatic N) is 5. The minimum Gasteiger partial charge on any atom is -0.333 e. The van der Waals surface area contributed by atoms with Crippen molar-refractivity contribution in [2.24, 2.45) is 0 Å². The zero-order valence-electron chi connectivity index (χ0n) is 20.5. The van der Waals surface area contributed by atoms with Crippen molar-refractivity contribution in [3.63, 3.8) is 0 Å². The van der Waals surface area contributed by atoms with Crippen molar-refractivity contribution in [2.45, 2.75) is 32.1 Å². The van der Waals surface area contributed by atoms with Crippen LogP contribution in [-0.2, 0) is 24.1 Å². The topological polar surface area (TPSA) is 45.7 Å². The summed E-state index contributed by atoms with van der Waals surface area (Å²) in [5.74, 6) is -0.727. The van der Waals surface area contributed by atoms with Gasteiger partial charge in [-0.3, -0.25) is 9.48 Å². The van der Waals surface area contributed by atoms with E-state index in [2.05, 4.69) is 9.94 Å². The van der Waals surface area contributed by atoms with E-state index in [1.165, 1.54) is 28.3 Å². The highest BCUT2D eigenvalue weighted by Gasteiger charge is 2.40. The molecule has 6 nitrogen and oxygen atoms in total. The van der Waals surface area contributed by atoms with Crippen LogP contribution < -0.4 is 0 Å². The molecule has 194 valence electrons. The lowest BCUT2D eigenvalue weighted by molar-refractivity contribution is -0.141. The zero-order valence-corrected chi connectivity index (χ0v) is 22.1. The van der Waals surface area contributed by atoms with E-state index in [0.717, 1.165) is 4.88 Å². The predicted octanol–water partition coefficient (Wildman–Crippen LogP) is 6.45. The van der Waals surface area contributed by atoms with Crippen LogP contribution >= 0.6 is 22.9 Å². The molecular weight excluding hydrogens is 523 g/mol. The molecule has 37 heavy (non-hydrogen) atoms. The second-order valence-electron chi connectivity index (χ2n) is 8.94. The van der Waals surface area contributed by atoms with Crippen molar-refractivity contribution in [2.75, 3.05) is 27.2 Å². The van der Waals surface area contributed by atoms with Crippen LogP contribution in [0.1, 0.15) is 34.5 Å². The van der Waals surface area contributed by atoms with Gasteiger partial charge in [0, 0.05) is 48.3 Å². The van der Waals surface area contributed by atoms with Crippen LogP contribution in [0.2, 0.25) is 5.02 Å². The van der Waals surface area contributed by atoms with Crippen LogP contribution in [0.15, 0.2) is 42.6 Å². The van der Waals surface area contributed by atoms with Crippen LogP contribution in [0.3, 0.4) is 0 Å². The molecule has 0 radical (unpaired) electrons. The molecule has 1 atom stereocenters. The van der Waals surface area contributed by atoms with Crippen LogP contribution in [0.4, 0.5) is 18.2 Å². The number of rotatable bonds is 6. The Morgan fingerprint density at radius 1 is 1.32 bits per heavy atom. The summed E-state index contributed by atoms with van der Waals surface area (Å²) in [6.45, 7) is 10.6. The van der Waals surface area contributed by atoms with E-state index in [4.69, 9.17) is 18.2 Å². The van der Waals surface area contributed by atoms with E-state index in [-0.39, 0.29) is 31.1 Å². The first-order valence-corrected chi connectivity index (χ1v) is 12.8. The van der Waals surface area contributed by atoms with Gasteiger partial charge in [-0.25, -0.2) is 4.85 Å². The van der Waals surface area contributed by atoms with Gasteiger partial charge in [0.25, 0.3) is 5.00 Å². The number of amides is 1. The predicted molar refractivity (Wildman–Crippen MR) is 139 cm³/mol. The van der Waals surface area contributed by atoms with Crippen molar-refractivity contribution in [3.05, 3.63) is 80.8 Å². The van der Waals surface area contributed by atoms with Crippen molar-refractivity contribution >= 4 is 33.8 Å². The summed E-state index contributed by atoms with van der Waals surface area (Å²) in [4.78, 5) is 20.9. The lowest BCUT2D eigenvalue weighted by atomic mass is 9.83. The third kappa shape index (κ3) is 5.44. The van der Waals surface area contributed by atoms with Crippen molar-refractivity contribution in [1.82, 2.24) is 19.6 Å². The Bertz CT molecular complexity index is 1390. The summed E-state index contributed by atoms with van der Waals surface area (Å²) in [7, 11) is 3.79. The molecule has 2 aromatic heterocycles. The first-order valence-electron chi connectivity index (χ1n) is 11.6. The number of benzene rings is 1. The molecule has 3 aromatic rings. The van der Waals surface area contributed by atoms with Gasteiger partial charge >= 0.3 is 6.18 Å². The molecule has 1 aromatic carbocycles. The number of fused-ring (bicyclic) bond motifs is 1. The molecule has 4 rings (SSSR count). The standard InChI is InChI=1S/C26H25ClF3N5OS/c1-5-35-14-19(24(32-35)26(28,29)30)17-10-7-6-9-16(17)18-13-34(21(36)11-8-12-33(3)4)15-20-22(18)23(27)25(31-2)37-20/h6-11,14,18H,5,12-13,15H2,1,3-4H3/b11-8+. The average molecular weight is 548 g/mol. The average Bonchev–Trinajstić information content (AvgIpc) is 3.44. The van der Waals surface area contributed by atoms with Gasteiger partial charge in [-0.2, -0.15) is 29.6 Å². The molecular formula is C26H25ClF3N5OS. The molecule has 1 amide bonds. The third-order valence-corrected chi connectivity index (χ3v) is 7.73. The van der Waals surface area contributed by atoms with Gasteiger partial charge < -0.3 is 9.80 Å². The normalized spacial score (nSPS) is 15.9. The number of halogens is 4. The molecule has 0 spiro atoms. The van der Waals surface area contributed by atoms with Gasteiger partial charge in [0.1, 0.15) is 0 Å². The maximum Gasteiger partial charge on any atom is 0.435 e. The van der Waals surface area contributed by atoms with Crippen LogP contribution in [0, 0.1) is 6.57 Å². The first kappa shape index (κ1) is 26.9. The molecule has 0 aliphatic carbocycles. The smallest absolute Gasteiger partial charge is 0.333 e. The Labute approximate surface area is 222 Å². The van der Waals surface area contributed by atoms with Gasteiger partial charge in [-0.1, -0.05) is 41.9 Å². The van der Waals surface area contributed by atoms with Crippen LogP contribution in [-0.4, -0.2) is 52.7 Å². The summed E-state index contributed by atoms with van der Waals surface area (Å²) in [5, 5.41) is 4.39. The van der Waals surface area contributed by atoms with Crippen molar-refractivity contribution < 1.29 is 18.0 Å². The number of thiophene rings is 1. The fraction of sp³-hybridized carbons (Fsp3) is 0.346. The SMILES string of the molecule is [C-]#[N+]c1sc2c(c1Cl)C(c1ccccc1-c1cn(CC)nc1C(F)(F)F)CN(C(=O)/C=C/CN(C)C)C2. The number of hydrogen-bond acceptors (Lipinski definition) is 4. The van der Waals surface area contributed by atoms with Gasteiger partial charge in [-0.15, -0.1) is 0 Å². The Morgan fingerprint density at radius 2 is 2.05 bits per heavy atom. The Kier molecular flexibility index (Phi) is 7.78. The highest BCUT2D eigenvalue weighted by atomic mass is 35.5. The lowest BCUT2D eigenvalue weighted by Gasteiger charge is -2.34. The quantitative estimate of drug-likeness (QED) is 0.263. The van der Waals surface area contributed by atoms with E-state index in [9.17, 15) is 18.0 Å². The molecule has 1 unspecified atom stereocenters. The largest absolute Gasteiger partial charge is 0.435 e. The summed E-state index contributed by atoms with van der Waals surface area (Å²) in [6.07, 6.45) is 0.0305. The lowest BCUT2D eigenvalue weighted by Crippen LogP contribution is -2.37. The number of hydrogen-bond donors (Lipinski definition) is 0. The molecule has 1 aliphatic heterocycles. The minimum atomic E-state index is -4.64. The van der Waals surface area contributed by atoms with Gasteiger partial charge in [0.2, 0.25) is 5.91 Å². The van der Waals surface area contributed by atoms with Gasteiger partial charge in [0.15, 0.2) is 5.69 Å². The Balaban J connectivity index is 1.85. The van der Waals surface area contributed by atoms with Crippen molar-refractivity contribution in [1.29, 1.82) is 0 Å². The zero-order chi connectivity index (χ0) is 26.9. The van der Waals surface area contributed by atoms with E-state index in [1.54, 1.807) is 42.2 Å². The Hall–Kier alpha value is -3.13. The molecule has 3 heterocycles. The minimum absolute atomic E-state index is 0.0300. The number of carbonyl (C=O) groups excluding carboxylic acids is 1. The highest BCUT2D eigenvalue weighted by molar-refractivity contribution is 7.17. The van der Waals surface area contributed by atoms with Crippen molar-refractivity contribution in [3.8, 4) is 11.1 Å². The maximum atomic E-state index is 14.0. The molecule has 0 bridgehead atoms. The molecule has 11 heteroatoms. The van der Waals surface area contributed by atoms with Crippen LogP contribution in [0.25, 0.3) is 16.0 Å². The second kappa shape index (κ2) is 10.7. The number of carbonyl (C=O) groups is 1. The molecule has 1 aliphatic rings. The highest BCUT2D eigenvalue weighted by Crippen LogP contribution is 2.50. The summed E-state index contributed by atoms with van der Waals surface area (Å²) >= 11 is 7.86. The summed E-state index contributed by atoms with van der Waals surface area (Å²) < 4.78 is 43.1. The number of aromatic nitrogens is 2. The monoisotopic (exact) mass is 547 g/mol. The van der Waals surface area contributed by atoms with E-state index >= 15 is 0 Å². The van der Waals surface area contributed by atoms with Crippen LogP contribution in [0.5, 0.6) is 0 Å². The maximum absolute atomic E-state index is 14.0. The summed E-state index contributed by atoms with van der Waals surface area (Å²) in [6, 6.07) is 6.83. The molecule has 0 fully saturated rings. The van der Waals surface area contributed by atoms with E-state index < -0.39 is 17.8 Å². The molecule has 0 N–H and O–H groups in total. The number of aryl methyl sites for hydroxylation is 1. The fourth-order valence-corrected chi connectivity index (χ4v) is 5.98. The first-order chi connectivity index (χ1) is 17.5. The van der Waals surface area contributed by atoms with E-state index in [0.29, 0.717) is 33.3 Å². The molecule has 0 saturated heterocycles. The van der Waals surface area contributed by atoms with E-state index in [1.807, 2.05) is 19.0 Å². The Morgan fingerprint density at radius 3 is 2.70 bits per heavy atom. The third-order valence-electron chi connectivity index (χ3n) is 6.16. The van der Waals surface area contributed by atoms with Gasteiger partial charge in [-0.05, 0) is 37.7 Å². The van der Waals surface area contributed by atoms with Gasteiger partial charge in [0.05, 0.1) is 18.1 Å². The number of likely N-dealkylation sites (N-methyl/N-ethyl adjacent to an activating group) is 1. The second-order valence-corrected chi connectivity index (χ2v) is 10.4.